The highest BCUT2D eigenvalue weighted by molar-refractivity contribution is 6.33. The molecule has 0 unspecified atom stereocenters. The Labute approximate surface area is 140 Å². The minimum Gasteiger partial charge on any atom is -0.495 e. The number of carbonyl (C=O) groups is 2. The lowest BCUT2D eigenvalue weighted by molar-refractivity contribution is -0.144. The van der Waals surface area contributed by atoms with Gasteiger partial charge in [0.2, 0.25) is 5.91 Å². The van der Waals surface area contributed by atoms with Crippen molar-refractivity contribution in [2.45, 2.75) is 31.7 Å². The van der Waals surface area contributed by atoms with Gasteiger partial charge in [-0.05, 0) is 42.7 Å². The Balaban J connectivity index is 1.69. The number of carboxylic acids is 1. The molecule has 23 heavy (non-hydrogen) atoms. The second kappa shape index (κ2) is 6.40. The van der Waals surface area contributed by atoms with Crippen molar-refractivity contribution in [1.29, 1.82) is 0 Å². The molecule has 124 valence electrons. The number of ether oxygens (including phenoxy) is 1. The number of hydrogen-bond acceptors (Lipinski definition) is 3. The number of benzene rings is 1. The van der Waals surface area contributed by atoms with Crippen molar-refractivity contribution < 1.29 is 19.4 Å². The minimum absolute atomic E-state index is 0.121. The van der Waals surface area contributed by atoms with Crippen LogP contribution in [0.4, 0.5) is 0 Å². The van der Waals surface area contributed by atoms with E-state index in [1.807, 2.05) is 0 Å². The Morgan fingerprint density at radius 1 is 1.35 bits per heavy atom. The second-order valence-corrected chi connectivity index (χ2v) is 6.78. The molecule has 5 nitrogen and oxygen atoms in total. The Hall–Kier alpha value is -1.75. The first-order chi connectivity index (χ1) is 11.0. The van der Waals surface area contributed by atoms with Crippen LogP contribution in [0.15, 0.2) is 18.2 Å². The number of hydrogen-bond donors (Lipinski definition) is 2. The number of methoxy groups -OCH3 is 1. The highest BCUT2D eigenvalue weighted by atomic mass is 35.5. The molecule has 1 amide bonds. The fraction of sp³-hybridized carbons (Fsp3) is 0.529. The van der Waals surface area contributed by atoms with Crippen molar-refractivity contribution in [2.24, 2.45) is 17.8 Å². The lowest BCUT2D eigenvalue weighted by atomic mass is 9.84. The van der Waals surface area contributed by atoms with E-state index < -0.39 is 11.9 Å². The molecule has 2 N–H and O–H groups in total. The van der Waals surface area contributed by atoms with E-state index >= 15 is 0 Å². The number of carbonyl (C=O) groups excluding carboxylic acids is 1. The van der Waals surface area contributed by atoms with Crippen LogP contribution in [0.25, 0.3) is 0 Å². The van der Waals surface area contributed by atoms with Gasteiger partial charge in [-0.15, -0.1) is 0 Å². The van der Waals surface area contributed by atoms with E-state index in [1.165, 1.54) is 7.11 Å². The first-order valence-electron chi connectivity index (χ1n) is 7.84. The fourth-order valence-electron chi connectivity index (χ4n) is 4.11. The maximum absolute atomic E-state index is 12.4. The zero-order chi connectivity index (χ0) is 16.6. The van der Waals surface area contributed by atoms with Crippen LogP contribution in [0.1, 0.15) is 24.8 Å². The summed E-state index contributed by atoms with van der Waals surface area (Å²) in [5.41, 5.74) is 0.679. The van der Waals surface area contributed by atoms with Gasteiger partial charge in [0, 0.05) is 6.04 Å². The molecule has 0 saturated heterocycles. The second-order valence-electron chi connectivity index (χ2n) is 6.40. The molecule has 1 aromatic rings. The summed E-state index contributed by atoms with van der Waals surface area (Å²) in [6.07, 6.45) is 2.98. The monoisotopic (exact) mass is 337 g/mol. The van der Waals surface area contributed by atoms with Crippen LogP contribution in [-0.4, -0.2) is 30.1 Å². The summed E-state index contributed by atoms with van der Waals surface area (Å²) >= 11 is 6.21. The SMILES string of the molecule is COc1cccc(CC(=O)N[C@H]2[C@@H]3CC[C@@H](C3)[C@H]2C(=O)O)c1Cl. The molecule has 0 radical (unpaired) electrons. The predicted molar refractivity (Wildman–Crippen MR) is 85.6 cm³/mol. The number of rotatable bonds is 5. The molecule has 1 aromatic carbocycles. The molecule has 3 rings (SSSR count). The van der Waals surface area contributed by atoms with Crippen molar-refractivity contribution in [3.63, 3.8) is 0 Å². The summed E-state index contributed by atoms with van der Waals surface area (Å²) < 4.78 is 5.15. The highest BCUT2D eigenvalue weighted by Gasteiger charge is 2.51. The van der Waals surface area contributed by atoms with Gasteiger partial charge < -0.3 is 15.2 Å². The van der Waals surface area contributed by atoms with Crippen LogP contribution in [-0.2, 0) is 16.0 Å². The Morgan fingerprint density at radius 3 is 2.78 bits per heavy atom. The fourth-order valence-corrected chi connectivity index (χ4v) is 4.38. The third-order valence-corrected chi connectivity index (χ3v) is 5.57. The van der Waals surface area contributed by atoms with Crippen molar-refractivity contribution in [3.05, 3.63) is 28.8 Å². The van der Waals surface area contributed by atoms with E-state index in [1.54, 1.807) is 18.2 Å². The number of fused-ring (bicyclic) bond motifs is 2. The van der Waals surface area contributed by atoms with Gasteiger partial charge in [-0.3, -0.25) is 9.59 Å². The number of carboxylic acid groups (broad SMARTS) is 1. The van der Waals surface area contributed by atoms with Gasteiger partial charge in [-0.2, -0.15) is 0 Å². The largest absolute Gasteiger partial charge is 0.495 e. The topological polar surface area (TPSA) is 75.6 Å². The molecule has 0 spiro atoms. The van der Waals surface area contributed by atoms with Crippen LogP contribution in [0.3, 0.4) is 0 Å². The van der Waals surface area contributed by atoms with Gasteiger partial charge in [0.05, 0.1) is 24.5 Å². The van der Waals surface area contributed by atoms with E-state index in [4.69, 9.17) is 16.3 Å². The predicted octanol–water partition coefficient (Wildman–Crippen LogP) is 2.51. The van der Waals surface area contributed by atoms with E-state index in [-0.39, 0.29) is 30.2 Å². The van der Waals surface area contributed by atoms with Crippen LogP contribution in [0.5, 0.6) is 5.75 Å². The first kappa shape index (κ1) is 16.1. The summed E-state index contributed by atoms with van der Waals surface area (Å²) in [5, 5.41) is 12.8. The molecule has 4 atom stereocenters. The van der Waals surface area contributed by atoms with Gasteiger partial charge in [0.15, 0.2) is 0 Å². The molecule has 2 saturated carbocycles. The van der Waals surface area contributed by atoms with E-state index in [0.29, 0.717) is 16.3 Å². The lowest BCUT2D eigenvalue weighted by Crippen LogP contribution is -2.47. The molecule has 2 aliphatic carbocycles. The van der Waals surface area contributed by atoms with Gasteiger partial charge in [0.25, 0.3) is 0 Å². The highest BCUT2D eigenvalue weighted by Crippen LogP contribution is 2.48. The molecule has 6 heteroatoms. The van der Waals surface area contributed by atoms with Crippen molar-refractivity contribution >= 4 is 23.5 Å². The number of halogens is 1. The lowest BCUT2D eigenvalue weighted by Gasteiger charge is -2.29. The Kier molecular flexibility index (Phi) is 4.48. The van der Waals surface area contributed by atoms with Crippen LogP contribution >= 0.6 is 11.6 Å². The molecular formula is C17H20ClNO4. The quantitative estimate of drug-likeness (QED) is 0.865. The van der Waals surface area contributed by atoms with Crippen LogP contribution in [0, 0.1) is 17.8 Å². The van der Waals surface area contributed by atoms with Crippen molar-refractivity contribution in [3.8, 4) is 5.75 Å². The van der Waals surface area contributed by atoms with Crippen LogP contribution < -0.4 is 10.1 Å². The molecule has 0 heterocycles. The molecular weight excluding hydrogens is 318 g/mol. The summed E-state index contributed by atoms with van der Waals surface area (Å²) in [5.74, 6) is -0.446. The molecule has 2 aliphatic rings. The van der Waals surface area contributed by atoms with Crippen LogP contribution in [0.2, 0.25) is 5.02 Å². The summed E-state index contributed by atoms with van der Waals surface area (Å²) in [7, 11) is 1.53. The number of amides is 1. The van der Waals surface area contributed by atoms with E-state index in [0.717, 1.165) is 19.3 Å². The number of nitrogens with one attached hydrogen (secondary N) is 1. The van der Waals surface area contributed by atoms with Gasteiger partial charge in [-0.1, -0.05) is 23.7 Å². The minimum atomic E-state index is -0.804. The van der Waals surface area contributed by atoms with E-state index in [2.05, 4.69) is 5.32 Å². The zero-order valence-electron chi connectivity index (χ0n) is 12.9. The third-order valence-electron chi connectivity index (χ3n) is 5.14. The van der Waals surface area contributed by atoms with E-state index in [9.17, 15) is 14.7 Å². The molecule has 2 bridgehead atoms. The van der Waals surface area contributed by atoms with Gasteiger partial charge in [-0.25, -0.2) is 0 Å². The third kappa shape index (κ3) is 3.02. The summed E-state index contributed by atoms with van der Waals surface area (Å²) in [6, 6.07) is 5.04. The smallest absolute Gasteiger partial charge is 0.308 e. The zero-order valence-corrected chi connectivity index (χ0v) is 13.7. The molecule has 2 fully saturated rings. The molecule has 0 aliphatic heterocycles. The Morgan fingerprint density at radius 2 is 2.09 bits per heavy atom. The maximum Gasteiger partial charge on any atom is 0.308 e. The average Bonchev–Trinajstić information content (AvgIpc) is 3.10. The molecule has 0 aromatic heterocycles. The average molecular weight is 338 g/mol. The maximum atomic E-state index is 12.4. The standard InChI is InChI=1S/C17H20ClNO4/c1-23-12-4-2-3-10(15(12)18)8-13(20)19-16-11-6-5-9(7-11)14(16)17(21)22/h2-4,9,11,14,16H,5-8H2,1H3,(H,19,20)(H,21,22)/t9-,11+,14+,16-/m0/s1. The van der Waals surface area contributed by atoms with Gasteiger partial charge >= 0.3 is 5.97 Å². The Bertz CT molecular complexity index is 633. The number of aliphatic carboxylic acids is 1. The van der Waals surface area contributed by atoms with Crippen molar-refractivity contribution in [1.82, 2.24) is 5.32 Å². The summed E-state index contributed by atoms with van der Waals surface area (Å²) in [4.78, 5) is 23.9. The first-order valence-corrected chi connectivity index (χ1v) is 8.22. The van der Waals surface area contributed by atoms with Gasteiger partial charge in [0.1, 0.15) is 5.75 Å². The summed E-state index contributed by atoms with van der Waals surface area (Å²) in [6.45, 7) is 0. The van der Waals surface area contributed by atoms with Crippen molar-refractivity contribution in [2.75, 3.05) is 7.11 Å². The normalized spacial score (nSPS) is 28.6.